The van der Waals surface area contributed by atoms with Gasteiger partial charge in [-0.25, -0.2) is 0 Å². The van der Waals surface area contributed by atoms with Gasteiger partial charge in [0.15, 0.2) is 11.5 Å². The lowest BCUT2D eigenvalue weighted by molar-refractivity contribution is -0.145. The maximum absolute atomic E-state index is 12.2. The summed E-state index contributed by atoms with van der Waals surface area (Å²) >= 11 is 0. The quantitative estimate of drug-likeness (QED) is 0.0687. The van der Waals surface area contributed by atoms with E-state index in [-0.39, 0.29) is 24.8 Å². The van der Waals surface area contributed by atoms with E-state index >= 15 is 0 Å². The second-order valence-electron chi connectivity index (χ2n) is 8.02. The monoisotopic (exact) mass is 435 g/mol. The normalized spacial score (nSPS) is 10.5. The van der Waals surface area contributed by atoms with Gasteiger partial charge in [-0.2, -0.15) is 0 Å². The van der Waals surface area contributed by atoms with Crippen LogP contribution in [0.4, 0.5) is 0 Å². The van der Waals surface area contributed by atoms with Gasteiger partial charge in [0, 0.05) is 0 Å². The number of carbonyl (C=O) groups excluding carboxylic acids is 2. The number of hydrogen-bond donors (Lipinski definition) is 0. The molecule has 5 heteroatoms. The summed E-state index contributed by atoms with van der Waals surface area (Å²) < 4.78 is 11.1. The van der Waals surface area contributed by atoms with Crippen molar-refractivity contribution in [1.82, 2.24) is 4.90 Å². The molecule has 0 fully saturated rings. The maximum atomic E-state index is 12.2. The minimum Gasteiger partial charge on any atom is -0.489 e. The molecule has 0 aliphatic carbocycles. The van der Waals surface area contributed by atoms with Gasteiger partial charge in [0.05, 0.1) is 32.8 Å². The molecule has 0 bridgehead atoms. The molecule has 0 atom stereocenters. The maximum Gasteiger partial charge on any atom is 0.320 e. The van der Waals surface area contributed by atoms with E-state index in [4.69, 9.17) is 9.47 Å². The van der Waals surface area contributed by atoms with E-state index in [2.05, 4.69) is 32.7 Å². The third-order valence-corrected chi connectivity index (χ3v) is 5.06. The summed E-state index contributed by atoms with van der Waals surface area (Å²) in [5.74, 6) is 0.0713. The zero-order chi connectivity index (χ0) is 23.2. The Kier molecular flexibility index (Phi) is 20.1. The minimum absolute atomic E-state index is 0.0287. The molecule has 0 aliphatic heterocycles. The zero-order valence-corrected chi connectivity index (χ0v) is 20.1. The number of nitrogens with zero attached hydrogens (tertiary/aromatic N) is 1. The largest absolute Gasteiger partial charge is 0.489 e. The van der Waals surface area contributed by atoms with E-state index in [1.165, 1.54) is 57.4 Å². The first-order chi connectivity index (χ1) is 15.1. The van der Waals surface area contributed by atoms with Crippen LogP contribution in [-0.4, -0.2) is 49.5 Å². The Labute approximate surface area is 190 Å². The average molecular weight is 436 g/mol. The molecule has 0 aromatic heterocycles. The van der Waals surface area contributed by atoms with E-state index in [0.29, 0.717) is 25.5 Å². The van der Waals surface area contributed by atoms with Crippen LogP contribution in [0.1, 0.15) is 90.9 Å². The molecule has 0 N–H and O–H groups in total. The summed E-state index contributed by atoms with van der Waals surface area (Å²) in [4.78, 5) is 25.8. The van der Waals surface area contributed by atoms with Crippen molar-refractivity contribution in [2.45, 2.75) is 90.9 Å². The Morgan fingerprint density at radius 2 is 1.29 bits per heavy atom. The lowest BCUT2D eigenvalue weighted by Gasteiger charge is -2.21. The predicted molar refractivity (Wildman–Crippen MR) is 128 cm³/mol. The highest BCUT2D eigenvalue weighted by Crippen LogP contribution is 2.08. The van der Waals surface area contributed by atoms with Gasteiger partial charge in [-0.15, -0.1) is 0 Å². The molecule has 0 spiro atoms. The number of carbonyl (C=O) groups is 2. The number of ketones is 1. The highest BCUT2D eigenvalue weighted by molar-refractivity contribution is 5.91. The zero-order valence-electron chi connectivity index (χ0n) is 20.1. The van der Waals surface area contributed by atoms with E-state index in [1.807, 2.05) is 0 Å². The van der Waals surface area contributed by atoms with E-state index < -0.39 is 0 Å². The fourth-order valence-electron chi connectivity index (χ4n) is 3.18. The third-order valence-electron chi connectivity index (χ3n) is 5.06. The number of esters is 1. The minimum atomic E-state index is -0.329. The van der Waals surface area contributed by atoms with Crippen LogP contribution in [0.2, 0.25) is 0 Å². The highest BCUT2D eigenvalue weighted by atomic mass is 16.5. The van der Waals surface area contributed by atoms with Gasteiger partial charge < -0.3 is 9.47 Å². The summed E-state index contributed by atoms with van der Waals surface area (Å²) in [6.07, 6.45) is 15.2. The van der Waals surface area contributed by atoms with Crippen LogP contribution in [-0.2, 0) is 19.1 Å². The van der Waals surface area contributed by atoms with Gasteiger partial charge in [0.1, 0.15) is 0 Å². The second-order valence-corrected chi connectivity index (χ2v) is 8.02. The van der Waals surface area contributed by atoms with Crippen LogP contribution in [0.25, 0.3) is 0 Å². The molecule has 0 aromatic carbocycles. The molecule has 5 nitrogen and oxygen atoms in total. The summed E-state index contributed by atoms with van der Waals surface area (Å²) in [5.41, 5.74) is 2.80. The molecule has 0 radical (unpaired) electrons. The molecule has 0 amide bonds. The lowest BCUT2D eigenvalue weighted by Crippen LogP contribution is -2.36. The van der Waals surface area contributed by atoms with Crippen molar-refractivity contribution < 1.29 is 19.1 Å². The number of unbranched alkanes of at least 4 members (excludes halogenated alkanes) is 10. The predicted octanol–water partition coefficient (Wildman–Crippen LogP) is 5.99. The molecule has 0 aliphatic rings. The Morgan fingerprint density at radius 1 is 0.774 bits per heavy atom. The van der Waals surface area contributed by atoms with E-state index in [0.717, 1.165) is 25.7 Å². The van der Waals surface area contributed by atoms with Crippen molar-refractivity contribution in [3.8, 4) is 0 Å². The average Bonchev–Trinajstić information content (AvgIpc) is 2.76. The highest BCUT2D eigenvalue weighted by Gasteiger charge is 2.16. The summed E-state index contributed by atoms with van der Waals surface area (Å²) in [5, 5.41) is 0. The van der Waals surface area contributed by atoms with Crippen molar-refractivity contribution in [2.75, 3.05) is 32.8 Å². The van der Waals surface area contributed by atoms with Crippen molar-refractivity contribution in [3.63, 3.8) is 0 Å². The van der Waals surface area contributed by atoms with Crippen molar-refractivity contribution in [3.05, 3.63) is 30.7 Å². The van der Waals surface area contributed by atoms with E-state index in [1.54, 1.807) is 4.90 Å². The fourth-order valence-corrected chi connectivity index (χ4v) is 3.18. The van der Waals surface area contributed by atoms with Crippen molar-refractivity contribution in [1.29, 1.82) is 0 Å². The topological polar surface area (TPSA) is 55.8 Å². The van der Waals surface area contributed by atoms with Gasteiger partial charge in [-0.3, -0.25) is 14.5 Å². The van der Waals surface area contributed by atoms with Crippen LogP contribution >= 0.6 is 0 Å². The Hall–Kier alpha value is -1.84. The molecule has 0 unspecified atom stereocenters. The van der Waals surface area contributed by atoms with Gasteiger partial charge in [0.25, 0.3) is 0 Å². The van der Waals surface area contributed by atoms with Gasteiger partial charge in [-0.1, -0.05) is 96.9 Å². The first-order valence-electron chi connectivity index (χ1n) is 12.1. The molecule has 0 aromatic rings. The standard InChI is InChI=1S/C26H45NO4/c1-5-9-11-13-15-17-19-30-25(8-4)22-27(21-24(28)7-3)23-26(29)31-20-18-16-14-12-10-6-2/h7H,3-6,9-23H2,1-2H3. The first kappa shape index (κ1) is 29.2. The molecule has 0 heterocycles. The van der Waals surface area contributed by atoms with E-state index in [9.17, 15) is 9.59 Å². The number of rotatable bonds is 22. The van der Waals surface area contributed by atoms with Gasteiger partial charge in [0.2, 0.25) is 0 Å². The third kappa shape index (κ3) is 18.6. The Bertz CT molecular complexity index is 538. The molecular formula is C26H45NO4. The summed E-state index contributed by atoms with van der Waals surface area (Å²) in [6.45, 7) is 13.0. The van der Waals surface area contributed by atoms with Gasteiger partial charge >= 0.3 is 5.97 Å². The SMILES string of the molecule is C=C=C(CN(CC(=O)C=C)CC(=O)OCCCCCCCC)OCCCCCCCC. The van der Waals surface area contributed by atoms with Crippen molar-refractivity contribution >= 4 is 11.8 Å². The van der Waals surface area contributed by atoms with Gasteiger partial charge in [-0.05, 0) is 18.9 Å². The lowest BCUT2D eigenvalue weighted by atomic mass is 10.1. The molecule has 178 valence electrons. The second kappa shape index (κ2) is 21.4. The van der Waals surface area contributed by atoms with Crippen LogP contribution in [0, 0.1) is 0 Å². The van der Waals surface area contributed by atoms with Crippen LogP contribution in [0.3, 0.4) is 0 Å². The molecular weight excluding hydrogens is 390 g/mol. The van der Waals surface area contributed by atoms with Crippen LogP contribution in [0.5, 0.6) is 0 Å². The first-order valence-corrected chi connectivity index (χ1v) is 12.1. The molecule has 0 rings (SSSR count). The van der Waals surface area contributed by atoms with Crippen LogP contribution < -0.4 is 0 Å². The number of hydrogen-bond acceptors (Lipinski definition) is 5. The molecule has 0 saturated carbocycles. The summed E-state index contributed by atoms with van der Waals surface area (Å²) in [6, 6.07) is 0. The smallest absolute Gasteiger partial charge is 0.320 e. The molecule has 31 heavy (non-hydrogen) atoms. The van der Waals surface area contributed by atoms with Crippen LogP contribution in [0.15, 0.2) is 30.7 Å². The Balaban J connectivity index is 4.33. The van der Waals surface area contributed by atoms with Crippen molar-refractivity contribution in [2.24, 2.45) is 0 Å². The Morgan fingerprint density at radius 3 is 1.81 bits per heavy atom. The number of ether oxygens (including phenoxy) is 2. The molecule has 0 saturated heterocycles. The fraction of sp³-hybridized carbons (Fsp3) is 0.731. The summed E-state index contributed by atoms with van der Waals surface area (Å²) in [7, 11) is 0.